The molecule has 1 aliphatic rings. The van der Waals surface area contributed by atoms with Crippen LogP contribution in [0.3, 0.4) is 0 Å². The third-order valence-corrected chi connectivity index (χ3v) is 5.22. The van der Waals surface area contributed by atoms with Crippen molar-refractivity contribution >= 4 is 21.4 Å². The van der Waals surface area contributed by atoms with E-state index in [-0.39, 0.29) is 11.0 Å². The van der Waals surface area contributed by atoms with Crippen molar-refractivity contribution in [2.75, 3.05) is 23.2 Å². The van der Waals surface area contributed by atoms with Gasteiger partial charge in [0.05, 0.1) is 11.0 Å². The van der Waals surface area contributed by atoms with Crippen LogP contribution in [-0.4, -0.2) is 27.7 Å². The van der Waals surface area contributed by atoms with E-state index in [1.165, 1.54) is 12.1 Å². The molecular weight excluding hydrogens is 331 g/mol. The number of nitrogens with one attached hydrogen (secondary N) is 2. The molecule has 7 heteroatoms. The van der Waals surface area contributed by atoms with Crippen LogP contribution in [0, 0.1) is 5.82 Å². The molecule has 0 radical (unpaired) electrons. The largest absolute Gasteiger partial charge is 0.382 e. The highest BCUT2D eigenvalue weighted by atomic mass is 32.2. The molecule has 24 heavy (non-hydrogen) atoms. The molecule has 0 amide bonds. The van der Waals surface area contributed by atoms with Crippen LogP contribution in [0.25, 0.3) is 0 Å². The van der Waals surface area contributed by atoms with Gasteiger partial charge in [-0.05, 0) is 61.4 Å². The molecule has 0 aliphatic carbocycles. The summed E-state index contributed by atoms with van der Waals surface area (Å²) in [6.07, 6.45) is 2.39. The minimum atomic E-state index is -3.73. The summed E-state index contributed by atoms with van der Waals surface area (Å²) < 4.78 is 45.4. The monoisotopic (exact) mass is 350 g/mol. The first-order valence-corrected chi connectivity index (χ1v) is 9.25. The third-order valence-electron chi connectivity index (χ3n) is 3.82. The SMILES string of the molecule is O=S(=O)(Nc1ccc(NCC2CCCO2)cc1)c1ccc(F)cc1. The van der Waals surface area contributed by atoms with Gasteiger partial charge in [-0.1, -0.05) is 0 Å². The molecule has 1 aliphatic heterocycles. The Labute approximate surface area is 140 Å². The van der Waals surface area contributed by atoms with Crippen LogP contribution in [0.2, 0.25) is 0 Å². The molecule has 128 valence electrons. The van der Waals surface area contributed by atoms with Gasteiger partial charge in [0.1, 0.15) is 5.82 Å². The summed E-state index contributed by atoms with van der Waals surface area (Å²) in [6.45, 7) is 1.55. The van der Waals surface area contributed by atoms with Crippen molar-refractivity contribution in [3.05, 3.63) is 54.3 Å². The predicted molar refractivity (Wildman–Crippen MR) is 91.1 cm³/mol. The predicted octanol–water partition coefficient (Wildman–Crippen LogP) is 3.22. The van der Waals surface area contributed by atoms with Crippen LogP contribution in [0.5, 0.6) is 0 Å². The van der Waals surface area contributed by atoms with Crippen LogP contribution < -0.4 is 10.0 Å². The number of hydrogen-bond acceptors (Lipinski definition) is 4. The highest BCUT2D eigenvalue weighted by molar-refractivity contribution is 7.92. The molecule has 5 nitrogen and oxygen atoms in total. The van der Waals surface area contributed by atoms with E-state index in [9.17, 15) is 12.8 Å². The fourth-order valence-corrected chi connectivity index (χ4v) is 3.58. The molecule has 1 saturated heterocycles. The van der Waals surface area contributed by atoms with Gasteiger partial charge in [-0.3, -0.25) is 4.72 Å². The Bertz CT molecular complexity index is 770. The Morgan fingerprint density at radius 1 is 1.04 bits per heavy atom. The number of anilines is 2. The third kappa shape index (κ3) is 4.24. The van der Waals surface area contributed by atoms with Crippen molar-refractivity contribution < 1.29 is 17.5 Å². The van der Waals surface area contributed by atoms with Crippen LogP contribution in [0.4, 0.5) is 15.8 Å². The lowest BCUT2D eigenvalue weighted by molar-refractivity contribution is 0.120. The standard InChI is InChI=1S/C17H19FN2O3S/c18-13-3-9-17(10-4-13)24(21,22)20-15-7-5-14(6-8-15)19-12-16-2-1-11-23-16/h3-10,16,19-20H,1-2,11-12H2. The van der Waals surface area contributed by atoms with E-state index in [1.807, 2.05) is 0 Å². The first-order valence-electron chi connectivity index (χ1n) is 7.77. The maximum atomic E-state index is 12.9. The molecule has 2 aromatic rings. The summed E-state index contributed by atoms with van der Waals surface area (Å²) >= 11 is 0. The maximum Gasteiger partial charge on any atom is 0.261 e. The van der Waals surface area contributed by atoms with Gasteiger partial charge in [-0.25, -0.2) is 12.8 Å². The van der Waals surface area contributed by atoms with Gasteiger partial charge in [0.15, 0.2) is 0 Å². The molecule has 0 spiro atoms. The van der Waals surface area contributed by atoms with Crippen LogP contribution in [0.15, 0.2) is 53.4 Å². The topological polar surface area (TPSA) is 67.4 Å². The Morgan fingerprint density at radius 2 is 1.71 bits per heavy atom. The summed E-state index contributed by atoms with van der Waals surface area (Å²) in [5.41, 5.74) is 1.34. The highest BCUT2D eigenvalue weighted by Gasteiger charge is 2.15. The summed E-state index contributed by atoms with van der Waals surface area (Å²) in [5.74, 6) is -0.476. The molecule has 3 rings (SSSR count). The molecule has 2 aromatic carbocycles. The maximum absolute atomic E-state index is 12.9. The van der Waals surface area contributed by atoms with Gasteiger partial charge in [-0.15, -0.1) is 0 Å². The van der Waals surface area contributed by atoms with E-state index in [2.05, 4.69) is 10.0 Å². The van der Waals surface area contributed by atoms with Crippen molar-refractivity contribution in [1.82, 2.24) is 0 Å². The molecule has 0 aromatic heterocycles. The fourth-order valence-electron chi connectivity index (χ4n) is 2.52. The number of rotatable bonds is 6. The average molecular weight is 350 g/mol. The summed E-state index contributed by atoms with van der Waals surface area (Å²) in [7, 11) is -3.73. The van der Waals surface area contributed by atoms with Crippen molar-refractivity contribution in [1.29, 1.82) is 0 Å². The van der Waals surface area contributed by atoms with Gasteiger partial charge in [0.25, 0.3) is 10.0 Å². The summed E-state index contributed by atoms with van der Waals surface area (Å²) in [6, 6.07) is 11.7. The lowest BCUT2D eigenvalue weighted by Gasteiger charge is -2.13. The molecule has 0 saturated carbocycles. The Morgan fingerprint density at radius 3 is 2.33 bits per heavy atom. The second-order valence-electron chi connectivity index (χ2n) is 5.65. The normalized spacial score (nSPS) is 17.6. The molecular formula is C17H19FN2O3S. The van der Waals surface area contributed by atoms with Gasteiger partial charge in [0.2, 0.25) is 0 Å². The summed E-state index contributed by atoms with van der Waals surface area (Å²) in [5, 5.41) is 3.27. The van der Waals surface area contributed by atoms with Gasteiger partial charge < -0.3 is 10.1 Å². The number of benzene rings is 2. The van der Waals surface area contributed by atoms with E-state index in [0.29, 0.717) is 5.69 Å². The quantitative estimate of drug-likeness (QED) is 0.839. The molecule has 1 unspecified atom stereocenters. The van der Waals surface area contributed by atoms with Gasteiger partial charge >= 0.3 is 0 Å². The van der Waals surface area contributed by atoms with E-state index in [0.717, 1.165) is 43.8 Å². The molecule has 1 heterocycles. The number of hydrogen-bond donors (Lipinski definition) is 2. The van der Waals surface area contributed by atoms with Gasteiger partial charge in [0, 0.05) is 24.5 Å². The number of ether oxygens (including phenoxy) is 1. The first kappa shape index (κ1) is 16.7. The summed E-state index contributed by atoms with van der Waals surface area (Å²) in [4.78, 5) is 0.0180. The molecule has 1 fully saturated rings. The molecule has 0 bridgehead atoms. The van der Waals surface area contributed by atoms with Crippen LogP contribution in [-0.2, 0) is 14.8 Å². The highest BCUT2D eigenvalue weighted by Crippen LogP contribution is 2.19. The minimum Gasteiger partial charge on any atom is -0.382 e. The van der Waals surface area contributed by atoms with Crippen LogP contribution >= 0.6 is 0 Å². The van der Waals surface area contributed by atoms with Crippen molar-refractivity contribution in [2.24, 2.45) is 0 Å². The lowest BCUT2D eigenvalue weighted by atomic mass is 10.2. The molecule has 2 N–H and O–H groups in total. The van der Waals surface area contributed by atoms with Crippen molar-refractivity contribution in [3.8, 4) is 0 Å². The zero-order chi connectivity index (χ0) is 17.0. The zero-order valence-electron chi connectivity index (χ0n) is 13.0. The van der Waals surface area contributed by atoms with Crippen molar-refractivity contribution in [3.63, 3.8) is 0 Å². The molecule has 1 atom stereocenters. The minimum absolute atomic E-state index is 0.0180. The van der Waals surface area contributed by atoms with Gasteiger partial charge in [-0.2, -0.15) is 0 Å². The lowest BCUT2D eigenvalue weighted by Crippen LogP contribution is -2.18. The zero-order valence-corrected chi connectivity index (χ0v) is 13.9. The number of halogens is 1. The smallest absolute Gasteiger partial charge is 0.261 e. The Balaban J connectivity index is 1.61. The van der Waals surface area contributed by atoms with Crippen molar-refractivity contribution in [2.45, 2.75) is 23.8 Å². The fraction of sp³-hybridized carbons (Fsp3) is 0.294. The number of sulfonamides is 1. The Kier molecular flexibility index (Phi) is 5.01. The Hall–Kier alpha value is -2.12. The van der Waals surface area contributed by atoms with E-state index < -0.39 is 15.8 Å². The first-order chi connectivity index (χ1) is 11.5. The van der Waals surface area contributed by atoms with E-state index in [4.69, 9.17) is 4.74 Å². The second-order valence-corrected chi connectivity index (χ2v) is 7.34. The van der Waals surface area contributed by atoms with Crippen LogP contribution in [0.1, 0.15) is 12.8 Å². The van der Waals surface area contributed by atoms with E-state index in [1.54, 1.807) is 24.3 Å². The second kappa shape index (κ2) is 7.19. The average Bonchev–Trinajstić information content (AvgIpc) is 3.08. The van der Waals surface area contributed by atoms with E-state index >= 15 is 0 Å².